The third-order valence-electron chi connectivity index (χ3n) is 1.57. The summed E-state index contributed by atoms with van der Waals surface area (Å²) in [6.45, 7) is 1.78. The Labute approximate surface area is 95.0 Å². The van der Waals surface area contributed by atoms with Gasteiger partial charge in [-0.05, 0) is 30.0 Å². The van der Waals surface area contributed by atoms with Crippen LogP contribution in [0.2, 0.25) is 0 Å². The first-order valence-electron chi connectivity index (χ1n) is 4.46. The van der Waals surface area contributed by atoms with Crippen LogP contribution < -0.4 is 0 Å². The summed E-state index contributed by atoms with van der Waals surface area (Å²) in [7, 11) is 0. The van der Waals surface area contributed by atoms with Crippen LogP contribution in [0.15, 0.2) is 23.1 Å². The molecule has 0 spiro atoms. The molecule has 0 nitrogen and oxygen atoms in total. The van der Waals surface area contributed by atoms with Gasteiger partial charge in [-0.3, -0.25) is 0 Å². The zero-order valence-electron chi connectivity index (χ0n) is 8.36. The zero-order chi connectivity index (χ0) is 12.2. The van der Waals surface area contributed by atoms with Gasteiger partial charge in [0.25, 0.3) is 0 Å². The van der Waals surface area contributed by atoms with E-state index in [2.05, 4.69) is 11.8 Å². The molecule has 0 atom stereocenters. The van der Waals surface area contributed by atoms with Gasteiger partial charge in [-0.1, -0.05) is 18.8 Å². The van der Waals surface area contributed by atoms with E-state index in [1.807, 2.05) is 0 Å². The predicted molar refractivity (Wildman–Crippen MR) is 55.5 cm³/mol. The third kappa shape index (κ3) is 4.15. The van der Waals surface area contributed by atoms with Gasteiger partial charge in [0.1, 0.15) is 5.82 Å². The lowest BCUT2D eigenvalue weighted by Gasteiger charge is -2.07. The highest BCUT2D eigenvalue weighted by molar-refractivity contribution is 8.00. The van der Waals surface area contributed by atoms with E-state index in [1.54, 1.807) is 6.92 Å². The maximum atomic E-state index is 12.8. The number of thioether (sulfide) groups is 1. The monoisotopic (exact) mass is 248 g/mol. The molecular formula is C11H8F4S. The van der Waals surface area contributed by atoms with Crippen LogP contribution in [0, 0.1) is 17.7 Å². The highest BCUT2D eigenvalue weighted by Gasteiger charge is 2.30. The first kappa shape index (κ1) is 12.9. The van der Waals surface area contributed by atoms with E-state index >= 15 is 0 Å². The summed E-state index contributed by atoms with van der Waals surface area (Å²) in [6, 6.07) is 3.20. The van der Waals surface area contributed by atoms with E-state index in [1.165, 1.54) is 6.07 Å². The van der Waals surface area contributed by atoms with Crippen LogP contribution in [0.4, 0.5) is 17.6 Å². The second-order valence-electron chi connectivity index (χ2n) is 2.84. The van der Waals surface area contributed by atoms with Gasteiger partial charge in [0.15, 0.2) is 0 Å². The van der Waals surface area contributed by atoms with Crippen molar-refractivity contribution in [3.05, 3.63) is 29.6 Å². The molecule has 1 aromatic carbocycles. The normalized spacial score (nSPS) is 10.8. The molecule has 0 radical (unpaired) electrons. The lowest BCUT2D eigenvalue weighted by Crippen LogP contribution is -2.00. The number of hydrogen-bond acceptors (Lipinski definition) is 1. The number of halogens is 4. The fourth-order valence-electron chi connectivity index (χ4n) is 0.992. The van der Waals surface area contributed by atoms with Gasteiger partial charge >= 0.3 is 5.51 Å². The van der Waals surface area contributed by atoms with Gasteiger partial charge in [-0.25, -0.2) is 4.39 Å². The minimum absolute atomic E-state index is 0.200. The molecule has 0 aliphatic heterocycles. The standard InChI is InChI=1S/C11H8F4S/c1-2-3-4-8-5-6-9(12)7-10(8)16-11(13,14)15/h5-7H,2H2,1H3. The molecule has 0 fully saturated rings. The molecule has 0 aliphatic rings. The fraction of sp³-hybridized carbons (Fsp3) is 0.273. The van der Waals surface area contributed by atoms with E-state index in [0.717, 1.165) is 12.1 Å². The molecule has 0 heterocycles. The molecule has 0 unspecified atom stereocenters. The van der Waals surface area contributed by atoms with E-state index in [4.69, 9.17) is 0 Å². The summed E-state index contributed by atoms with van der Waals surface area (Å²) in [5, 5.41) is 0. The summed E-state index contributed by atoms with van der Waals surface area (Å²) < 4.78 is 49.3. The Morgan fingerprint density at radius 2 is 2.00 bits per heavy atom. The van der Waals surface area contributed by atoms with Crippen molar-refractivity contribution >= 4 is 11.8 Å². The second kappa shape index (κ2) is 5.26. The number of benzene rings is 1. The van der Waals surface area contributed by atoms with Crippen molar-refractivity contribution in [2.45, 2.75) is 23.7 Å². The van der Waals surface area contributed by atoms with Gasteiger partial charge in [-0.15, -0.1) is 0 Å². The summed E-state index contributed by atoms with van der Waals surface area (Å²) >= 11 is -0.351. The van der Waals surface area contributed by atoms with Crippen molar-refractivity contribution in [2.75, 3.05) is 0 Å². The molecule has 1 rings (SSSR count). The minimum atomic E-state index is -4.43. The third-order valence-corrected chi connectivity index (χ3v) is 2.36. The van der Waals surface area contributed by atoms with E-state index in [0.29, 0.717) is 6.42 Å². The summed E-state index contributed by atoms with van der Waals surface area (Å²) in [5.41, 5.74) is -4.23. The molecule has 86 valence electrons. The Morgan fingerprint density at radius 1 is 1.31 bits per heavy atom. The van der Waals surface area contributed by atoms with Crippen molar-refractivity contribution in [1.29, 1.82) is 0 Å². The van der Waals surface area contributed by atoms with E-state index in [9.17, 15) is 17.6 Å². The Kier molecular flexibility index (Phi) is 4.25. The van der Waals surface area contributed by atoms with Crippen molar-refractivity contribution in [1.82, 2.24) is 0 Å². The number of alkyl halides is 3. The fourth-order valence-corrected chi connectivity index (χ4v) is 1.64. The van der Waals surface area contributed by atoms with Crippen molar-refractivity contribution in [3.8, 4) is 11.8 Å². The summed E-state index contributed by atoms with van der Waals surface area (Å²) in [4.78, 5) is -0.201. The molecule has 0 aromatic heterocycles. The first-order valence-corrected chi connectivity index (χ1v) is 5.28. The molecule has 0 N–H and O–H groups in total. The van der Waals surface area contributed by atoms with Crippen LogP contribution >= 0.6 is 11.8 Å². The quantitative estimate of drug-likeness (QED) is 0.408. The average molecular weight is 248 g/mol. The Hall–Kier alpha value is -1.15. The highest BCUT2D eigenvalue weighted by Crippen LogP contribution is 2.38. The molecule has 0 saturated heterocycles. The Balaban J connectivity index is 3.08. The Bertz CT molecular complexity index is 426. The molecule has 5 heteroatoms. The molecule has 0 aliphatic carbocycles. The van der Waals surface area contributed by atoms with Crippen molar-refractivity contribution in [2.24, 2.45) is 0 Å². The number of rotatable bonds is 1. The van der Waals surface area contributed by atoms with Crippen LogP contribution in [0.3, 0.4) is 0 Å². The maximum Gasteiger partial charge on any atom is 0.446 e. The summed E-state index contributed by atoms with van der Waals surface area (Å²) in [5.74, 6) is 4.53. The molecular weight excluding hydrogens is 240 g/mol. The zero-order valence-corrected chi connectivity index (χ0v) is 9.18. The van der Waals surface area contributed by atoms with Crippen molar-refractivity contribution in [3.63, 3.8) is 0 Å². The molecule has 0 amide bonds. The van der Waals surface area contributed by atoms with Crippen LogP contribution in [0.25, 0.3) is 0 Å². The predicted octanol–water partition coefficient (Wildman–Crippen LogP) is 4.20. The largest absolute Gasteiger partial charge is 0.446 e. The van der Waals surface area contributed by atoms with Gasteiger partial charge in [0.05, 0.1) is 0 Å². The van der Waals surface area contributed by atoms with Gasteiger partial charge in [-0.2, -0.15) is 13.2 Å². The van der Waals surface area contributed by atoms with Crippen LogP contribution in [-0.4, -0.2) is 5.51 Å². The Morgan fingerprint density at radius 3 is 2.56 bits per heavy atom. The minimum Gasteiger partial charge on any atom is -0.207 e. The first-order chi connectivity index (χ1) is 7.42. The number of hydrogen-bond donors (Lipinski definition) is 0. The van der Waals surface area contributed by atoms with E-state index < -0.39 is 11.3 Å². The lowest BCUT2D eigenvalue weighted by atomic mass is 10.2. The van der Waals surface area contributed by atoms with Gasteiger partial charge in [0, 0.05) is 16.9 Å². The second-order valence-corrected chi connectivity index (χ2v) is 3.95. The smallest absolute Gasteiger partial charge is 0.207 e. The average Bonchev–Trinajstić information content (AvgIpc) is 2.14. The van der Waals surface area contributed by atoms with Crippen LogP contribution in [0.5, 0.6) is 0 Å². The van der Waals surface area contributed by atoms with Crippen molar-refractivity contribution < 1.29 is 17.6 Å². The molecule has 0 bridgehead atoms. The van der Waals surface area contributed by atoms with E-state index in [-0.39, 0.29) is 22.2 Å². The summed E-state index contributed by atoms with van der Waals surface area (Å²) in [6.07, 6.45) is 0.535. The topological polar surface area (TPSA) is 0 Å². The molecule has 16 heavy (non-hydrogen) atoms. The molecule has 0 saturated carbocycles. The maximum absolute atomic E-state index is 12.8. The van der Waals surface area contributed by atoms with Crippen LogP contribution in [0.1, 0.15) is 18.9 Å². The van der Waals surface area contributed by atoms with Gasteiger partial charge < -0.3 is 0 Å². The van der Waals surface area contributed by atoms with Crippen LogP contribution in [-0.2, 0) is 0 Å². The highest BCUT2D eigenvalue weighted by atomic mass is 32.2. The van der Waals surface area contributed by atoms with Gasteiger partial charge in [0.2, 0.25) is 0 Å². The molecule has 1 aromatic rings. The lowest BCUT2D eigenvalue weighted by molar-refractivity contribution is -0.0328. The SMILES string of the molecule is CCC#Cc1ccc(F)cc1SC(F)(F)F.